The maximum atomic E-state index is 12.8. The Labute approximate surface area is 142 Å². The zero-order valence-electron chi connectivity index (χ0n) is 13.8. The van der Waals surface area contributed by atoms with Crippen molar-refractivity contribution in [2.75, 3.05) is 0 Å². The monoisotopic (exact) mass is 340 g/mol. The molecule has 1 heterocycles. The van der Waals surface area contributed by atoms with Gasteiger partial charge in [0.15, 0.2) is 0 Å². The van der Waals surface area contributed by atoms with Crippen LogP contribution in [0.15, 0.2) is 65.7 Å². The quantitative estimate of drug-likeness (QED) is 0.714. The minimum Gasteiger partial charge on any atom is -0.237 e. The van der Waals surface area contributed by atoms with E-state index in [4.69, 9.17) is 0 Å². The molecule has 0 fully saturated rings. The highest BCUT2D eigenvalue weighted by Crippen LogP contribution is 2.18. The van der Waals surface area contributed by atoms with Crippen LogP contribution in [0.1, 0.15) is 22.6 Å². The first-order valence-electron chi connectivity index (χ1n) is 7.88. The molecular weight excluding hydrogens is 320 g/mol. The fourth-order valence-corrected chi connectivity index (χ4v) is 3.98. The van der Waals surface area contributed by atoms with Crippen LogP contribution in [0.3, 0.4) is 0 Å². The van der Waals surface area contributed by atoms with E-state index >= 15 is 0 Å². The van der Waals surface area contributed by atoms with Crippen molar-refractivity contribution < 1.29 is 8.42 Å². The Morgan fingerprint density at radius 2 is 1.58 bits per heavy atom. The molecule has 0 aliphatic rings. The van der Waals surface area contributed by atoms with Crippen molar-refractivity contribution in [1.29, 1.82) is 0 Å². The van der Waals surface area contributed by atoms with Gasteiger partial charge >= 0.3 is 0 Å². The Morgan fingerprint density at radius 1 is 0.917 bits per heavy atom. The molecule has 3 rings (SSSR count). The summed E-state index contributed by atoms with van der Waals surface area (Å²) in [5.74, 6) is 0.485. The maximum absolute atomic E-state index is 12.8. The first-order valence-corrected chi connectivity index (χ1v) is 9.32. The third kappa shape index (κ3) is 3.41. The van der Waals surface area contributed by atoms with Gasteiger partial charge in [-0.1, -0.05) is 48.0 Å². The largest absolute Gasteiger partial charge is 0.269 e. The van der Waals surface area contributed by atoms with E-state index in [9.17, 15) is 8.42 Å². The molecule has 0 aliphatic carbocycles. The van der Waals surface area contributed by atoms with E-state index in [1.807, 2.05) is 25.1 Å². The molecule has 0 saturated carbocycles. The lowest BCUT2D eigenvalue weighted by Gasteiger charge is -2.07. The molecule has 0 spiro atoms. The minimum absolute atomic E-state index is 0.281. The third-order valence-corrected chi connectivity index (χ3v) is 5.74. The van der Waals surface area contributed by atoms with Gasteiger partial charge in [0.25, 0.3) is 10.0 Å². The number of aryl methyl sites for hydroxylation is 4. The first kappa shape index (κ1) is 16.5. The van der Waals surface area contributed by atoms with Gasteiger partial charge < -0.3 is 0 Å². The summed E-state index contributed by atoms with van der Waals surface area (Å²) >= 11 is 0. The average molecular weight is 340 g/mol. The predicted octanol–water partition coefficient (Wildman–Crippen LogP) is 3.52. The number of hydrogen-bond donors (Lipinski definition) is 0. The van der Waals surface area contributed by atoms with Crippen molar-refractivity contribution in [2.24, 2.45) is 0 Å². The zero-order chi connectivity index (χ0) is 17.2. The van der Waals surface area contributed by atoms with E-state index < -0.39 is 10.0 Å². The molecule has 0 amide bonds. The van der Waals surface area contributed by atoms with Gasteiger partial charge in [-0.2, -0.15) is 0 Å². The van der Waals surface area contributed by atoms with E-state index in [-0.39, 0.29) is 4.90 Å². The van der Waals surface area contributed by atoms with E-state index in [1.54, 1.807) is 37.4 Å². The van der Waals surface area contributed by atoms with Crippen molar-refractivity contribution >= 4 is 10.0 Å². The molecule has 0 N–H and O–H groups in total. The van der Waals surface area contributed by atoms with Crippen LogP contribution in [0.5, 0.6) is 0 Å². The number of rotatable bonds is 5. The van der Waals surface area contributed by atoms with Crippen LogP contribution >= 0.6 is 0 Å². The van der Waals surface area contributed by atoms with Crippen LogP contribution in [-0.2, 0) is 22.9 Å². The summed E-state index contributed by atoms with van der Waals surface area (Å²) < 4.78 is 26.8. The first-order chi connectivity index (χ1) is 11.5. The average Bonchev–Trinajstić information content (AvgIpc) is 2.96. The van der Waals surface area contributed by atoms with Gasteiger partial charge in [0, 0.05) is 6.20 Å². The Bertz CT molecular complexity index is 927. The molecule has 24 heavy (non-hydrogen) atoms. The summed E-state index contributed by atoms with van der Waals surface area (Å²) in [6.45, 7) is 3.65. The number of hydrogen-bond acceptors (Lipinski definition) is 3. The van der Waals surface area contributed by atoms with Gasteiger partial charge in [-0.3, -0.25) is 0 Å². The fourth-order valence-electron chi connectivity index (χ4n) is 2.62. The Kier molecular flexibility index (Phi) is 4.53. The van der Waals surface area contributed by atoms with Crippen LogP contribution in [0, 0.1) is 13.8 Å². The molecule has 4 nitrogen and oxygen atoms in total. The standard InChI is InChI=1S/C19H20N2O2S/c1-15-8-12-19(13-9-15)24(22,23)21-14-18(20-16(21)2)11-10-17-6-4-3-5-7-17/h3-9,12-14H,10-11H2,1-2H3. The second-order valence-corrected chi connectivity index (χ2v) is 7.69. The number of benzene rings is 2. The van der Waals surface area contributed by atoms with E-state index in [2.05, 4.69) is 17.1 Å². The molecule has 0 aliphatic heterocycles. The topological polar surface area (TPSA) is 52.0 Å². The Balaban J connectivity index is 1.84. The predicted molar refractivity (Wildman–Crippen MR) is 94.6 cm³/mol. The molecular formula is C19H20N2O2S. The van der Waals surface area contributed by atoms with Crippen molar-refractivity contribution in [2.45, 2.75) is 31.6 Å². The van der Waals surface area contributed by atoms with Crippen LogP contribution in [-0.4, -0.2) is 17.4 Å². The Hall–Kier alpha value is -2.40. The van der Waals surface area contributed by atoms with Crippen LogP contribution in [0.25, 0.3) is 0 Å². The van der Waals surface area contributed by atoms with E-state index in [1.165, 1.54) is 9.54 Å². The van der Waals surface area contributed by atoms with Crippen LogP contribution in [0.2, 0.25) is 0 Å². The van der Waals surface area contributed by atoms with Gasteiger partial charge in [-0.25, -0.2) is 17.4 Å². The molecule has 5 heteroatoms. The summed E-state index contributed by atoms with van der Waals surface area (Å²) in [6, 6.07) is 17.0. The molecule has 1 aromatic heterocycles. The van der Waals surface area contributed by atoms with Crippen molar-refractivity contribution in [3.05, 3.63) is 83.4 Å². The molecule has 0 saturated heterocycles. The van der Waals surface area contributed by atoms with Gasteiger partial charge in [0.2, 0.25) is 0 Å². The second kappa shape index (κ2) is 6.61. The number of nitrogens with zero attached hydrogens (tertiary/aromatic N) is 2. The molecule has 0 unspecified atom stereocenters. The molecule has 0 bridgehead atoms. The van der Waals surface area contributed by atoms with E-state index in [0.29, 0.717) is 12.2 Å². The van der Waals surface area contributed by atoms with E-state index in [0.717, 1.165) is 17.7 Å². The molecule has 2 aromatic carbocycles. The summed E-state index contributed by atoms with van der Waals surface area (Å²) in [5, 5.41) is 0. The zero-order valence-corrected chi connectivity index (χ0v) is 14.6. The van der Waals surface area contributed by atoms with Crippen molar-refractivity contribution in [3.8, 4) is 0 Å². The van der Waals surface area contributed by atoms with Gasteiger partial charge in [0.1, 0.15) is 5.82 Å². The normalized spacial score (nSPS) is 11.6. The number of imidazole rings is 1. The van der Waals surface area contributed by atoms with Crippen LogP contribution in [0.4, 0.5) is 0 Å². The smallest absolute Gasteiger partial charge is 0.237 e. The fraction of sp³-hybridized carbons (Fsp3) is 0.211. The Morgan fingerprint density at radius 3 is 2.25 bits per heavy atom. The van der Waals surface area contributed by atoms with Gasteiger partial charge in [-0.05, 0) is 44.4 Å². The summed E-state index contributed by atoms with van der Waals surface area (Å²) in [7, 11) is -3.59. The lowest BCUT2D eigenvalue weighted by molar-refractivity contribution is 0.585. The summed E-state index contributed by atoms with van der Waals surface area (Å²) in [6.07, 6.45) is 3.18. The summed E-state index contributed by atoms with van der Waals surface area (Å²) in [4.78, 5) is 4.70. The number of aromatic nitrogens is 2. The molecule has 3 aromatic rings. The lowest BCUT2D eigenvalue weighted by atomic mass is 10.1. The minimum atomic E-state index is -3.59. The maximum Gasteiger partial charge on any atom is 0.269 e. The highest BCUT2D eigenvalue weighted by molar-refractivity contribution is 7.90. The van der Waals surface area contributed by atoms with Gasteiger partial charge in [0.05, 0.1) is 10.6 Å². The van der Waals surface area contributed by atoms with Crippen molar-refractivity contribution in [3.63, 3.8) is 0 Å². The highest BCUT2D eigenvalue weighted by atomic mass is 32.2. The van der Waals surface area contributed by atoms with Crippen molar-refractivity contribution in [1.82, 2.24) is 8.96 Å². The molecule has 0 radical (unpaired) electrons. The molecule has 124 valence electrons. The van der Waals surface area contributed by atoms with Crippen LogP contribution < -0.4 is 0 Å². The SMILES string of the molecule is Cc1ccc(S(=O)(=O)n2cc(CCc3ccccc3)nc2C)cc1. The second-order valence-electron chi connectivity index (χ2n) is 5.88. The molecule has 0 atom stereocenters. The third-order valence-electron chi connectivity index (χ3n) is 3.98. The highest BCUT2D eigenvalue weighted by Gasteiger charge is 2.20. The van der Waals surface area contributed by atoms with Gasteiger partial charge in [-0.15, -0.1) is 0 Å². The summed E-state index contributed by atoms with van der Waals surface area (Å²) in [5.41, 5.74) is 3.03. The lowest BCUT2D eigenvalue weighted by Crippen LogP contribution is -2.13.